The molecule has 2 aromatic carbocycles. The number of amides is 1. The predicted octanol–water partition coefficient (Wildman–Crippen LogP) is 6.43. The molecule has 3 aliphatic rings. The second-order valence-corrected chi connectivity index (χ2v) is 14.2. The molecule has 8 rings (SSSR count). The molecule has 0 unspecified atom stereocenters. The van der Waals surface area contributed by atoms with E-state index < -0.39 is 29.3 Å². The Bertz CT molecular complexity index is 2200. The van der Waals surface area contributed by atoms with Crippen LogP contribution in [0.4, 0.5) is 19.0 Å². The van der Waals surface area contributed by atoms with Crippen LogP contribution in [0.5, 0.6) is 6.01 Å². The summed E-state index contributed by atoms with van der Waals surface area (Å²) in [6.45, 7) is 2.59. The number of aromatic nitrogens is 4. The van der Waals surface area contributed by atoms with Gasteiger partial charge in [-0.25, -0.2) is 18.2 Å². The van der Waals surface area contributed by atoms with E-state index in [1.54, 1.807) is 23.8 Å². The van der Waals surface area contributed by atoms with Crippen LogP contribution in [0.2, 0.25) is 0 Å². The summed E-state index contributed by atoms with van der Waals surface area (Å²) in [6.07, 6.45) is 11.8. The lowest BCUT2D eigenvalue weighted by molar-refractivity contribution is -0.128. The first kappa shape index (κ1) is 33.1. The Labute approximate surface area is 296 Å². The quantitative estimate of drug-likeness (QED) is 0.141. The minimum absolute atomic E-state index is 0.0142. The van der Waals surface area contributed by atoms with E-state index in [4.69, 9.17) is 16.1 Å². The molecule has 0 spiro atoms. The first-order valence-corrected chi connectivity index (χ1v) is 17.9. The molecule has 5 aromatic rings. The number of carbonyl (C=O) groups is 1. The van der Waals surface area contributed by atoms with Crippen LogP contribution in [0.1, 0.15) is 36.3 Å². The van der Waals surface area contributed by atoms with Gasteiger partial charge in [-0.3, -0.25) is 14.7 Å². The zero-order valence-electron chi connectivity index (χ0n) is 27.7. The van der Waals surface area contributed by atoms with Gasteiger partial charge in [-0.2, -0.15) is 9.97 Å². The van der Waals surface area contributed by atoms with Crippen LogP contribution in [-0.4, -0.2) is 93.2 Å². The highest BCUT2D eigenvalue weighted by atomic mass is 32.1. The Morgan fingerprint density at radius 1 is 1.10 bits per heavy atom. The molecule has 0 radical (unpaired) electrons. The molecule has 6 heterocycles. The van der Waals surface area contributed by atoms with Crippen molar-refractivity contribution in [1.29, 1.82) is 0 Å². The fraction of sp³-hybridized carbons (Fsp3) is 0.342. The lowest BCUT2D eigenvalue weighted by Crippen LogP contribution is -2.43. The molecule has 2 atom stereocenters. The largest absolute Gasteiger partial charge is 0.461 e. The van der Waals surface area contributed by atoms with Gasteiger partial charge < -0.3 is 14.5 Å². The molecule has 3 saturated heterocycles. The number of ether oxygens (including phenoxy) is 1. The lowest BCUT2D eigenvalue weighted by atomic mass is 9.95. The van der Waals surface area contributed by atoms with Gasteiger partial charge in [0.15, 0.2) is 11.6 Å². The van der Waals surface area contributed by atoms with Crippen molar-refractivity contribution in [2.75, 3.05) is 50.8 Å². The van der Waals surface area contributed by atoms with Gasteiger partial charge in [0.05, 0.1) is 10.9 Å². The zero-order valence-corrected chi connectivity index (χ0v) is 28.5. The van der Waals surface area contributed by atoms with Crippen LogP contribution in [-0.2, 0) is 4.79 Å². The molecule has 0 saturated carbocycles. The Balaban J connectivity index is 1.17. The molecule has 13 heteroatoms. The third-order valence-corrected chi connectivity index (χ3v) is 10.9. The second kappa shape index (κ2) is 13.6. The van der Waals surface area contributed by atoms with Crippen LogP contribution in [0.3, 0.4) is 0 Å². The van der Waals surface area contributed by atoms with Gasteiger partial charge in [0, 0.05) is 79.5 Å². The number of benzene rings is 2. The van der Waals surface area contributed by atoms with Crippen LogP contribution in [0.25, 0.3) is 39.0 Å². The zero-order chi connectivity index (χ0) is 35.1. The van der Waals surface area contributed by atoms with Gasteiger partial charge >= 0.3 is 6.01 Å². The van der Waals surface area contributed by atoms with Crippen molar-refractivity contribution < 1.29 is 22.7 Å². The number of rotatable bonds is 7. The summed E-state index contributed by atoms with van der Waals surface area (Å²) < 4.78 is 52.7. The first-order valence-electron chi connectivity index (χ1n) is 17.0. The maximum absolute atomic E-state index is 16.9. The smallest absolute Gasteiger partial charge is 0.319 e. The van der Waals surface area contributed by atoms with E-state index in [0.717, 1.165) is 30.8 Å². The molecular weight excluding hydrogens is 676 g/mol. The number of fused-ring (bicyclic) bond motifs is 3. The summed E-state index contributed by atoms with van der Waals surface area (Å²) in [7, 11) is 0. The Morgan fingerprint density at radius 2 is 1.96 bits per heavy atom. The topological polar surface area (TPSA) is 87.6 Å². The highest BCUT2D eigenvalue weighted by molar-refractivity contribution is 7.10. The summed E-state index contributed by atoms with van der Waals surface area (Å²) >= 11 is 1.24. The van der Waals surface area contributed by atoms with Crippen LogP contribution >= 0.6 is 11.3 Å². The molecule has 51 heavy (non-hydrogen) atoms. The molecule has 0 aliphatic carbocycles. The monoisotopic (exact) mass is 709 g/mol. The van der Waals surface area contributed by atoms with E-state index in [2.05, 4.69) is 25.8 Å². The molecular formula is C38H34F3N7O2S. The van der Waals surface area contributed by atoms with Crippen LogP contribution in [0, 0.1) is 18.2 Å². The van der Waals surface area contributed by atoms with Gasteiger partial charge in [-0.1, -0.05) is 36.3 Å². The van der Waals surface area contributed by atoms with Crippen molar-refractivity contribution in [2.45, 2.75) is 37.4 Å². The molecule has 0 bridgehead atoms. The van der Waals surface area contributed by atoms with E-state index >= 15 is 4.39 Å². The van der Waals surface area contributed by atoms with Crippen molar-refractivity contribution in [1.82, 2.24) is 29.7 Å². The summed E-state index contributed by atoms with van der Waals surface area (Å²) in [5, 5.41) is 4.03. The summed E-state index contributed by atoms with van der Waals surface area (Å²) in [6, 6.07) is 11.1. The Hall–Kier alpha value is -5.06. The highest BCUT2D eigenvalue weighted by Crippen LogP contribution is 2.41. The SMILES string of the molecule is C#Cc1cccc2cccc(-c3ncc4c(N5CCCN(C(=O)/C(F)=C/c6nccs6)CC5)nc(OC[C@@]56CCCN5C[C@H](F)C6)nc4c3F)c12. The van der Waals surface area contributed by atoms with Crippen molar-refractivity contribution >= 4 is 50.8 Å². The van der Waals surface area contributed by atoms with Crippen molar-refractivity contribution in [3.05, 3.63) is 76.4 Å². The number of thiazole rings is 1. The van der Waals surface area contributed by atoms with E-state index in [0.29, 0.717) is 71.7 Å². The predicted molar refractivity (Wildman–Crippen MR) is 191 cm³/mol. The third-order valence-electron chi connectivity index (χ3n) is 10.2. The van der Waals surface area contributed by atoms with Gasteiger partial charge in [-0.15, -0.1) is 17.8 Å². The molecule has 3 aromatic heterocycles. The van der Waals surface area contributed by atoms with Gasteiger partial charge in [0.2, 0.25) is 0 Å². The third kappa shape index (κ3) is 6.16. The number of anilines is 1. The van der Waals surface area contributed by atoms with Crippen molar-refractivity contribution in [3.63, 3.8) is 0 Å². The number of alkyl halides is 1. The van der Waals surface area contributed by atoms with E-state index in [9.17, 15) is 13.6 Å². The molecule has 0 N–H and O–H groups in total. The van der Waals surface area contributed by atoms with Crippen molar-refractivity contribution in [3.8, 4) is 29.6 Å². The van der Waals surface area contributed by atoms with Crippen molar-refractivity contribution in [2.24, 2.45) is 0 Å². The molecule has 3 fully saturated rings. The normalized spacial score (nSPS) is 21.2. The number of hydrogen-bond acceptors (Lipinski definition) is 9. The summed E-state index contributed by atoms with van der Waals surface area (Å²) in [5.41, 5.74) is 0.772. The van der Waals surface area contributed by atoms with Gasteiger partial charge in [-0.05, 0) is 37.3 Å². The number of terminal acetylenes is 1. The van der Waals surface area contributed by atoms with Crippen LogP contribution in [0.15, 0.2) is 60.0 Å². The average Bonchev–Trinajstić information content (AvgIpc) is 3.81. The summed E-state index contributed by atoms with van der Waals surface area (Å²) in [5.74, 6) is 0.832. The first-order chi connectivity index (χ1) is 24.8. The highest BCUT2D eigenvalue weighted by Gasteiger charge is 2.49. The van der Waals surface area contributed by atoms with Crippen LogP contribution < -0.4 is 9.64 Å². The molecule has 9 nitrogen and oxygen atoms in total. The minimum atomic E-state index is -0.939. The number of carbonyl (C=O) groups excluding carboxylic acids is 1. The van der Waals surface area contributed by atoms with Gasteiger partial charge in [0.1, 0.15) is 34.8 Å². The number of pyridine rings is 1. The standard InChI is InChI=1S/C38H34F3N7O2S/c1-2-24-7-3-8-25-9-4-10-27(31(24)25)33-32(41)34-28(21-43-33)35(45-37(44-34)50-23-38-11-5-15-48(38)22-26(39)20-38)46-13-6-14-47(17-16-46)36(49)29(40)19-30-42-12-18-51-30/h1,3-4,7-10,12,18-19,21,26H,5-6,11,13-17,20,22-23H2/b29-19-/t26-,38+/m1/s1. The fourth-order valence-corrected chi connectivity index (χ4v) is 8.33. The number of halogens is 3. The lowest BCUT2D eigenvalue weighted by Gasteiger charge is -2.31. The molecule has 3 aliphatic heterocycles. The maximum atomic E-state index is 16.9. The Morgan fingerprint density at radius 3 is 2.78 bits per heavy atom. The van der Waals surface area contributed by atoms with E-state index in [1.807, 2.05) is 35.2 Å². The van der Waals surface area contributed by atoms with E-state index in [-0.39, 0.29) is 30.4 Å². The molecule has 260 valence electrons. The molecule has 1 amide bonds. The minimum Gasteiger partial charge on any atom is -0.461 e. The van der Waals surface area contributed by atoms with Gasteiger partial charge in [0.25, 0.3) is 5.91 Å². The number of nitrogens with zero attached hydrogens (tertiary/aromatic N) is 7. The van der Waals surface area contributed by atoms with E-state index in [1.165, 1.54) is 16.2 Å². The summed E-state index contributed by atoms with van der Waals surface area (Å²) in [4.78, 5) is 36.6. The fourth-order valence-electron chi connectivity index (χ4n) is 7.78. The second-order valence-electron chi connectivity index (χ2n) is 13.2. The average molecular weight is 710 g/mol. The maximum Gasteiger partial charge on any atom is 0.319 e. The number of hydrogen-bond donors (Lipinski definition) is 0. The Kier molecular flexibility index (Phi) is 8.81.